The standard InChI is InChI=1S/C18H19ClN2O6/c1-10-15(18(23)27-9-8-26-12(3)22)16(13-6-4-5-7-14(13)19)17(21(24)25)11(2)20-10/h4-7,16-17H,8-9H2,1-3H3. The zero-order valence-electron chi connectivity index (χ0n) is 15.1. The lowest BCUT2D eigenvalue weighted by molar-refractivity contribution is -0.505. The molecule has 0 N–H and O–H groups in total. The van der Waals surface area contributed by atoms with Crippen LogP contribution in [0.3, 0.4) is 0 Å². The largest absolute Gasteiger partial charge is 0.462 e. The summed E-state index contributed by atoms with van der Waals surface area (Å²) in [6, 6.07) is 5.39. The van der Waals surface area contributed by atoms with Gasteiger partial charge in [-0.25, -0.2) is 4.79 Å². The predicted molar refractivity (Wildman–Crippen MR) is 98.4 cm³/mol. The van der Waals surface area contributed by atoms with Crippen molar-refractivity contribution in [2.75, 3.05) is 13.2 Å². The summed E-state index contributed by atoms with van der Waals surface area (Å²) in [4.78, 5) is 38.9. The molecule has 27 heavy (non-hydrogen) atoms. The normalized spacial score (nSPS) is 19.3. The predicted octanol–water partition coefficient (Wildman–Crippen LogP) is 2.92. The van der Waals surface area contributed by atoms with Crippen molar-refractivity contribution < 1.29 is 24.0 Å². The topological polar surface area (TPSA) is 108 Å². The van der Waals surface area contributed by atoms with E-state index in [9.17, 15) is 19.7 Å². The second-order valence-electron chi connectivity index (χ2n) is 5.96. The van der Waals surface area contributed by atoms with Gasteiger partial charge >= 0.3 is 11.9 Å². The fourth-order valence-corrected chi connectivity index (χ4v) is 3.27. The van der Waals surface area contributed by atoms with Gasteiger partial charge in [-0.05, 0) is 25.5 Å². The van der Waals surface area contributed by atoms with Crippen molar-refractivity contribution in [3.05, 3.63) is 56.2 Å². The molecule has 0 spiro atoms. The third-order valence-electron chi connectivity index (χ3n) is 4.10. The number of hydrogen-bond donors (Lipinski definition) is 0. The number of aliphatic imine (C=N–C) groups is 1. The molecule has 0 saturated carbocycles. The van der Waals surface area contributed by atoms with E-state index in [0.29, 0.717) is 16.3 Å². The van der Waals surface area contributed by atoms with Crippen LogP contribution < -0.4 is 0 Å². The molecule has 0 fully saturated rings. The highest BCUT2D eigenvalue weighted by Gasteiger charge is 2.45. The van der Waals surface area contributed by atoms with Gasteiger partial charge < -0.3 is 9.47 Å². The van der Waals surface area contributed by atoms with Crippen LogP contribution >= 0.6 is 11.6 Å². The van der Waals surface area contributed by atoms with Crippen LogP contribution in [0.5, 0.6) is 0 Å². The highest BCUT2D eigenvalue weighted by Crippen LogP contribution is 2.39. The van der Waals surface area contributed by atoms with Gasteiger partial charge in [0.15, 0.2) is 0 Å². The number of allylic oxidation sites excluding steroid dienone is 1. The lowest BCUT2D eigenvalue weighted by Gasteiger charge is -2.28. The van der Waals surface area contributed by atoms with Gasteiger partial charge in [-0.2, -0.15) is 0 Å². The molecule has 0 aliphatic carbocycles. The van der Waals surface area contributed by atoms with Crippen LogP contribution in [0.1, 0.15) is 32.3 Å². The van der Waals surface area contributed by atoms with E-state index in [1.165, 1.54) is 6.92 Å². The first kappa shape index (κ1) is 20.6. The maximum absolute atomic E-state index is 12.7. The molecule has 2 rings (SSSR count). The molecule has 1 aromatic carbocycles. The molecule has 2 atom stereocenters. The van der Waals surface area contributed by atoms with E-state index in [2.05, 4.69) is 4.99 Å². The fraction of sp³-hybridized carbons (Fsp3) is 0.389. The van der Waals surface area contributed by atoms with E-state index in [1.807, 2.05) is 0 Å². The Hall–Kier alpha value is -2.74. The van der Waals surface area contributed by atoms with Crippen molar-refractivity contribution in [1.29, 1.82) is 0 Å². The number of halogens is 1. The molecule has 1 aliphatic rings. The number of carbonyl (C=O) groups is 2. The molecule has 0 bridgehead atoms. The van der Waals surface area contributed by atoms with Gasteiger partial charge in [0.2, 0.25) is 0 Å². The Morgan fingerprint density at radius 3 is 2.44 bits per heavy atom. The van der Waals surface area contributed by atoms with E-state index < -0.39 is 28.8 Å². The zero-order valence-corrected chi connectivity index (χ0v) is 15.9. The van der Waals surface area contributed by atoms with Gasteiger partial charge in [0.05, 0.1) is 17.2 Å². The summed E-state index contributed by atoms with van der Waals surface area (Å²) in [6.45, 7) is 4.10. The van der Waals surface area contributed by atoms with Gasteiger partial charge in [-0.15, -0.1) is 0 Å². The number of esters is 2. The first-order chi connectivity index (χ1) is 12.7. The lowest BCUT2D eigenvalue weighted by atomic mass is 9.80. The third-order valence-corrected chi connectivity index (χ3v) is 4.44. The van der Waals surface area contributed by atoms with E-state index in [0.717, 1.165) is 0 Å². The van der Waals surface area contributed by atoms with E-state index in [4.69, 9.17) is 21.1 Å². The Bertz CT molecular complexity index is 833. The fourth-order valence-electron chi connectivity index (χ4n) is 3.01. The number of nitrogens with zero attached hydrogens (tertiary/aromatic N) is 2. The molecule has 144 valence electrons. The minimum Gasteiger partial charge on any atom is -0.462 e. The number of rotatable bonds is 6. The average molecular weight is 395 g/mol. The number of benzene rings is 1. The Balaban J connectivity index is 2.42. The number of ether oxygens (including phenoxy) is 2. The highest BCUT2D eigenvalue weighted by molar-refractivity contribution is 6.31. The molecule has 0 saturated heterocycles. The first-order valence-electron chi connectivity index (χ1n) is 8.18. The van der Waals surface area contributed by atoms with E-state index >= 15 is 0 Å². The maximum atomic E-state index is 12.7. The van der Waals surface area contributed by atoms with Crippen molar-refractivity contribution in [3.8, 4) is 0 Å². The summed E-state index contributed by atoms with van der Waals surface area (Å²) in [5.41, 5.74) is 1.12. The van der Waals surface area contributed by atoms with E-state index in [1.54, 1.807) is 38.1 Å². The van der Waals surface area contributed by atoms with Crippen LogP contribution in [0.25, 0.3) is 0 Å². The average Bonchev–Trinajstić information content (AvgIpc) is 2.57. The Kier molecular flexibility index (Phi) is 6.68. The minimum atomic E-state index is -1.25. The molecular weight excluding hydrogens is 376 g/mol. The van der Waals surface area contributed by atoms with Crippen LogP contribution in [0, 0.1) is 10.1 Å². The van der Waals surface area contributed by atoms with Crippen LogP contribution in [-0.2, 0) is 19.1 Å². The quantitative estimate of drug-likeness (QED) is 0.317. The Labute approximate surface area is 161 Å². The molecule has 0 radical (unpaired) electrons. The molecule has 0 amide bonds. The summed E-state index contributed by atoms with van der Waals surface area (Å²) in [7, 11) is 0. The van der Waals surface area contributed by atoms with Gasteiger partial charge in [0.25, 0.3) is 6.04 Å². The number of nitro groups is 1. The SMILES string of the molecule is CC(=O)OCCOC(=O)C1=C(C)N=C(C)C([N+](=O)[O-])C1c1ccccc1Cl. The minimum absolute atomic E-state index is 0.0678. The van der Waals surface area contributed by atoms with Crippen molar-refractivity contribution in [2.24, 2.45) is 4.99 Å². The lowest BCUT2D eigenvalue weighted by Crippen LogP contribution is -2.40. The van der Waals surface area contributed by atoms with Crippen LogP contribution in [0.4, 0.5) is 0 Å². The molecule has 2 unspecified atom stereocenters. The molecule has 1 heterocycles. The summed E-state index contributed by atoms with van der Waals surface area (Å²) >= 11 is 6.26. The first-order valence-corrected chi connectivity index (χ1v) is 8.56. The summed E-state index contributed by atoms with van der Waals surface area (Å²) in [5, 5.41) is 12.0. The zero-order chi connectivity index (χ0) is 20.1. The molecule has 1 aliphatic heterocycles. The third kappa shape index (κ3) is 4.71. The van der Waals surface area contributed by atoms with Crippen LogP contribution in [0.15, 0.2) is 40.5 Å². The van der Waals surface area contributed by atoms with Crippen molar-refractivity contribution in [2.45, 2.75) is 32.7 Å². The number of hydrogen-bond acceptors (Lipinski definition) is 7. The smallest absolute Gasteiger partial charge is 0.336 e. The molecule has 8 nitrogen and oxygen atoms in total. The van der Waals surface area contributed by atoms with Crippen molar-refractivity contribution in [3.63, 3.8) is 0 Å². The van der Waals surface area contributed by atoms with Crippen molar-refractivity contribution in [1.82, 2.24) is 0 Å². The van der Waals surface area contributed by atoms with Crippen molar-refractivity contribution >= 4 is 29.3 Å². The van der Waals surface area contributed by atoms with Crippen LogP contribution in [-0.4, -0.2) is 41.8 Å². The van der Waals surface area contributed by atoms with Gasteiger partial charge in [0.1, 0.15) is 13.2 Å². The number of carbonyl (C=O) groups excluding carboxylic acids is 2. The van der Waals surface area contributed by atoms with Gasteiger partial charge in [0, 0.05) is 22.6 Å². The summed E-state index contributed by atoms with van der Waals surface area (Å²) in [5.74, 6) is -2.19. The molecule has 9 heteroatoms. The maximum Gasteiger partial charge on any atom is 0.336 e. The van der Waals surface area contributed by atoms with Gasteiger partial charge in [-0.3, -0.25) is 19.9 Å². The molecule has 1 aromatic rings. The second-order valence-corrected chi connectivity index (χ2v) is 6.36. The van der Waals surface area contributed by atoms with Gasteiger partial charge in [-0.1, -0.05) is 29.8 Å². The Morgan fingerprint density at radius 1 is 1.22 bits per heavy atom. The summed E-state index contributed by atoms with van der Waals surface area (Å²) < 4.78 is 9.87. The second kappa shape index (κ2) is 8.77. The Morgan fingerprint density at radius 2 is 1.85 bits per heavy atom. The summed E-state index contributed by atoms with van der Waals surface area (Å²) in [6.07, 6.45) is 0. The molecular formula is C18H19ClN2O6. The van der Waals surface area contributed by atoms with E-state index in [-0.39, 0.29) is 24.5 Å². The highest BCUT2D eigenvalue weighted by atomic mass is 35.5. The molecule has 0 aromatic heterocycles. The monoisotopic (exact) mass is 394 g/mol. The van der Waals surface area contributed by atoms with Crippen LogP contribution in [0.2, 0.25) is 5.02 Å².